The van der Waals surface area contributed by atoms with Gasteiger partial charge in [0, 0.05) is 28.5 Å². The average molecular weight is 488 g/mol. The van der Waals surface area contributed by atoms with Gasteiger partial charge >= 0.3 is 6.18 Å². The highest BCUT2D eigenvalue weighted by Gasteiger charge is 2.39. The molecule has 1 fully saturated rings. The quantitative estimate of drug-likeness (QED) is 0.359. The number of benzene rings is 2. The van der Waals surface area contributed by atoms with E-state index < -0.39 is 17.3 Å². The topological polar surface area (TPSA) is 58.0 Å². The van der Waals surface area contributed by atoms with Gasteiger partial charge < -0.3 is 10.4 Å². The van der Waals surface area contributed by atoms with Crippen molar-refractivity contribution in [2.75, 3.05) is 5.32 Å². The number of anilines is 2. The van der Waals surface area contributed by atoms with Gasteiger partial charge in [-0.15, -0.1) is 11.8 Å². The molecular formula is C26H28F3N3OS. The number of alkyl halides is 3. The Labute approximate surface area is 202 Å². The van der Waals surface area contributed by atoms with Crippen molar-refractivity contribution in [3.05, 3.63) is 77.1 Å². The van der Waals surface area contributed by atoms with Crippen molar-refractivity contribution in [3.8, 4) is 0 Å². The van der Waals surface area contributed by atoms with Gasteiger partial charge in [-0.2, -0.15) is 13.2 Å². The van der Waals surface area contributed by atoms with Gasteiger partial charge in [-0.3, -0.25) is 0 Å². The number of aromatic nitrogens is 2. The van der Waals surface area contributed by atoms with Crippen LogP contribution in [0.15, 0.2) is 59.6 Å². The third-order valence-corrected chi connectivity index (χ3v) is 7.33. The lowest BCUT2D eigenvalue weighted by Crippen LogP contribution is -2.30. The predicted molar refractivity (Wildman–Crippen MR) is 129 cm³/mol. The number of aliphatic hydroxyl groups is 1. The van der Waals surface area contributed by atoms with E-state index in [2.05, 4.69) is 27.4 Å². The number of hydrogen-bond donors (Lipinski definition) is 2. The van der Waals surface area contributed by atoms with Crippen LogP contribution in [-0.4, -0.2) is 20.7 Å². The van der Waals surface area contributed by atoms with Crippen LogP contribution >= 0.6 is 11.8 Å². The number of nitrogens with zero attached hydrogens (tertiary/aromatic N) is 2. The van der Waals surface area contributed by atoms with Gasteiger partial charge in [0.2, 0.25) is 5.95 Å². The summed E-state index contributed by atoms with van der Waals surface area (Å²) in [6.07, 6.45) is -1.85. The maximum absolute atomic E-state index is 13.7. The van der Waals surface area contributed by atoms with Crippen molar-refractivity contribution >= 4 is 23.4 Å². The minimum Gasteiger partial charge on any atom is -0.390 e. The van der Waals surface area contributed by atoms with Gasteiger partial charge in [0.15, 0.2) is 0 Å². The molecule has 2 N–H and O–H groups in total. The van der Waals surface area contributed by atoms with Gasteiger partial charge in [0.25, 0.3) is 0 Å². The largest absolute Gasteiger partial charge is 0.419 e. The van der Waals surface area contributed by atoms with E-state index in [1.54, 1.807) is 18.7 Å². The van der Waals surface area contributed by atoms with Crippen molar-refractivity contribution in [1.82, 2.24) is 9.97 Å². The van der Waals surface area contributed by atoms with E-state index >= 15 is 0 Å². The minimum atomic E-state index is -4.53. The highest BCUT2D eigenvalue weighted by molar-refractivity contribution is 7.98. The fourth-order valence-corrected chi connectivity index (χ4v) is 5.18. The Hall–Kier alpha value is -2.58. The van der Waals surface area contributed by atoms with E-state index in [-0.39, 0.29) is 17.6 Å². The first-order chi connectivity index (χ1) is 16.1. The Morgan fingerprint density at radius 3 is 2.47 bits per heavy atom. The van der Waals surface area contributed by atoms with Crippen LogP contribution in [-0.2, 0) is 11.9 Å². The first-order valence-electron chi connectivity index (χ1n) is 11.3. The smallest absolute Gasteiger partial charge is 0.390 e. The summed E-state index contributed by atoms with van der Waals surface area (Å²) in [5, 5.41) is 13.3. The molecule has 4 rings (SSSR count). The molecule has 34 heavy (non-hydrogen) atoms. The molecule has 1 aliphatic carbocycles. The molecule has 1 aromatic heterocycles. The van der Waals surface area contributed by atoms with Crippen LogP contribution in [0, 0.1) is 6.92 Å². The molecule has 2 aromatic carbocycles. The maximum atomic E-state index is 13.7. The fraction of sp³-hybridized carbons (Fsp3) is 0.385. The third kappa shape index (κ3) is 6.10. The molecule has 180 valence electrons. The molecule has 8 heteroatoms. The first kappa shape index (κ1) is 24.5. The summed E-state index contributed by atoms with van der Waals surface area (Å²) in [4.78, 5) is 9.39. The lowest BCUT2D eigenvalue weighted by molar-refractivity contribution is -0.139. The predicted octanol–water partition coefficient (Wildman–Crippen LogP) is 7.25. The van der Waals surface area contributed by atoms with Crippen LogP contribution in [0.2, 0.25) is 0 Å². The number of hydrogen-bond acceptors (Lipinski definition) is 5. The summed E-state index contributed by atoms with van der Waals surface area (Å²) in [5.41, 5.74) is 1.32. The number of halogens is 3. The Kier molecular flexibility index (Phi) is 7.19. The Morgan fingerprint density at radius 2 is 1.82 bits per heavy atom. The summed E-state index contributed by atoms with van der Waals surface area (Å²) >= 11 is 1.72. The molecular weight excluding hydrogens is 459 g/mol. The Morgan fingerprint density at radius 1 is 1.12 bits per heavy atom. The van der Waals surface area contributed by atoms with Crippen molar-refractivity contribution in [2.45, 2.75) is 67.9 Å². The molecule has 1 aliphatic rings. The molecule has 0 bridgehead atoms. The normalized spacial score (nSPS) is 20.8. The van der Waals surface area contributed by atoms with E-state index in [0.29, 0.717) is 25.7 Å². The van der Waals surface area contributed by atoms with Crippen LogP contribution in [0.4, 0.5) is 24.8 Å². The summed E-state index contributed by atoms with van der Waals surface area (Å²) < 4.78 is 41.0. The second kappa shape index (κ2) is 9.96. The highest BCUT2D eigenvalue weighted by Crippen LogP contribution is 2.42. The molecule has 1 heterocycles. The Bertz CT molecular complexity index is 1130. The van der Waals surface area contributed by atoms with Gasteiger partial charge in [-0.05, 0) is 68.9 Å². The van der Waals surface area contributed by atoms with Crippen molar-refractivity contribution < 1.29 is 18.3 Å². The van der Waals surface area contributed by atoms with Crippen LogP contribution in [0.3, 0.4) is 0 Å². The molecule has 0 spiro atoms. The highest BCUT2D eigenvalue weighted by atomic mass is 32.2. The zero-order valence-electron chi connectivity index (χ0n) is 19.2. The summed E-state index contributed by atoms with van der Waals surface area (Å²) in [6, 6.07) is 16.1. The van der Waals surface area contributed by atoms with E-state index in [1.165, 1.54) is 5.56 Å². The number of aryl methyl sites for hydroxylation is 1. The van der Waals surface area contributed by atoms with E-state index in [0.717, 1.165) is 28.1 Å². The first-order valence-corrected chi connectivity index (χ1v) is 12.3. The number of thioether (sulfide) groups is 1. The zero-order chi connectivity index (χ0) is 24.3. The van der Waals surface area contributed by atoms with E-state index in [4.69, 9.17) is 0 Å². The summed E-state index contributed by atoms with van der Waals surface area (Å²) in [6.45, 7) is 3.68. The van der Waals surface area contributed by atoms with Crippen molar-refractivity contribution in [2.24, 2.45) is 0 Å². The molecule has 0 atom stereocenters. The number of nitrogens with one attached hydrogen (secondary N) is 1. The van der Waals surface area contributed by atoms with Crippen LogP contribution < -0.4 is 5.32 Å². The van der Waals surface area contributed by atoms with Gasteiger partial charge in [-0.25, -0.2) is 9.97 Å². The lowest BCUT2D eigenvalue weighted by atomic mass is 9.78. The standard InChI is InChI=1S/C26H28F3N3OS/c1-17-14-20(34-16-18-6-4-3-5-7-18)8-9-22(17)31-24-30-15-21(26(27,28)29)23(32-24)19-10-12-25(2,33)13-11-19/h3-9,14-15,19,33H,10-13,16H2,1-2H3,(H,30,31,32). The minimum absolute atomic E-state index is 0.00758. The molecule has 3 aromatic rings. The SMILES string of the molecule is Cc1cc(SCc2ccccc2)ccc1Nc1ncc(C(F)(F)F)c(C2CCC(C)(O)CC2)n1. The lowest BCUT2D eigenvalue weighted by Gasteiger charge is -2.33. The molecule has 0 radical (unpaired) electrons. The van der Waals surface area contributed by atoms with Crippen LogP contribution in [0.1, 0.15) is 60.9 Å². The fourth-order valence-electron chi connectivity index (χ4n) is 4.23. The van der Waals surface area contributed by atoms with Crippen molar-refractivity contribution in [1.29, 1.82) is 0 Å². The Balaban J connectivity index is 1.52. The zero-order valence-corrected chi connectivity index (χ0v) is 20.0. The molecule has 0 aliphatic heterocycles. The number of rotatable bonds is 6. The second-order valence-corrected chi connectivity index (χ2v) is 10.2. The molecule has 4 nitrogen and oxygen atoms in total. The van der Waals surface area contributed by atoms with E-state index in [1.807, 2.05) is 43.3 Å². The van der Waals surface area contributed by atoms with Gasteiger partial charge in [-0.1, -0.05) is 30.3 Å². The van der Waals surface area contributed by atoms with Crippen LogP contribution in [0.25, 0.3) is 0 Å². The van der Waals surface area contributed by atoms with Gasteiger partial charge in [0.1, 0.15) is 0 Å². The van der Waals surface area contributed by atoms with Gasteiger partial charge in [0.05, 0.1) is 16.9 Å². The third-order valence-electron chi connectivity index (χ3n) is 6.27. The molecule has 1 saturated carbocycles. The van der Waals surface area contributed by atoms with E-state index in [9.17, 15) is 18.3 Å². The maximum Gasteiger partial charge on any atom is 0.419 e. The summed E-state index contributed by atoms with van der Waals surface area (Å²) in [7, 11) is 0. The van der Waals surface area contributed by atoms with Crippen molar-refractivity contribution in [3.63, 3.8) is 0 Å². The molecule has 0 saturated heterocycles. The average Bonchev–Trinajstić information content (AvgIpc) is 2.79. The molecule has 0 unspecified atom stereocenters. The summed E-state index contributed by atoms with van der Waals surface area (Å²) in [5.74, 6) is 0.638. The van der Waals surface area contributed by atoms with Crippen LogP contribution in [0.5, 0.6) is 0 Å². The monoisotopic (exact) mass is 487 g/mol. The molecule has 0 amide bonds. The second-order valence-electron chi connectivity index (χ2n) is 9.14.